The molecule has 2 aromatic heterocycles. The monoisotopic (exact) mass is 370 g/mol. The molecule has 0 bridgehead atoms. The zero-order chi connectivity index (χ0) is 19.3. The van der Waals surface area contributed by atoms with Crippen molar-refractivity contribution in [3.8, 4) is 0 Å². The van der Waals surface area contributed by atoms with Gasteiger partial charge in [0.15, 0.2) is 0 Å². The Morgan fingerprint density at radius 1 is 1.04 bits per heavy atom. The SMILES string of the molecule is CCN(c1ccccc1)c1ccc(NC(=O)Cc2c[nH]c3ccccc23)cn1. The smallest absolute Gasteiger partial charge is 0.228 e. The van der Waals surface area contributed by atoms with E-state index in [1.165, 1.54) is 0 Å². The van der Waals surface area contributed by atoms with Crippen LogP contribution in [-0.2, 0) is 11.2 Å². The second kappa shape index (κ2) is 7.96. The summed E-state index contributed by atoms with van der Waals surface area (Å²) in [7, 11) is 0. The highest BCUT2D eigenvalue weighted by atomic mass is 16.1. The fraction of sp³-hybridized carbons (Fsp3) is 0.130. The molecule has 1 amide bonds. The molecule has 140 valence electrons. The summed E-state index contributed by atoms with van der Waals surface area (Å²) in [5.74, 6) is 0.790. The third kappa shape index (κ3) is 3.74. The van der Waals surface area contributed by atoms with Gasteiger partial charge in [-0.05, 0) is 42.8 Å². The second-order valence-electron chi connectivity index (χ2n) is 6.57. The van der Waals surface area contributed by atoms with Gasteiger partial charge in [-0.3, -0.25) is 4.79 Å². The van der Waals surface area contributed by atoms with Crippen LogP contribution >= 0.6 is 0 Å². The van der Waals surface area contributed by atoms with Crippen molar-refractivity contribution in [2.24, 2.45) is 0 Å². The predicted molar refractivity (Wildman–Crippen MR) is 114 cm³/mol. The molecular formula is C23H22N4O. The van der Waals surface area contributed by atoms with Gasteiger partial charge in [0.1, 0.15) is 5.82 Å². The number of hydrogen-bond donors (Lipinski definition) is 2. The Morgan fingerprint density at radius 2 is 1.82 bits per heavy atom. The fourth-order valence-corrected chi connectivity index (χ4v) is 3.36. The van der Waals surface area contributed by atoms with Gasteiger partial charge in [0.05, 0.1) is 18.3 Å². The first-order chi connectivity index (χ1) is 13.7. The molecule has 4 aromatic rings. The summed E-state index contributed by atoms with van der Waals surface area (Å²) in [5, 5.41) is 4.01. The Kier molecular flexibility index (Phi) is 5.06. The van der Waals surface area contributed by atoms with Gasteiger partial charge in [0.25, 0.3) is 0 Å². The normalized spacial score (nSPS) is 10.8. The van der Waals surface area contributed by atoms with Crippen molar-refractivity contribution in [1.82, 2.24) is 9.97 Å². The van der Waals surface area contributed by atoms with E-state index in [1.54, 1.807) is 6.20 Å². The molecule has 0 radical (unpaired) electrons. The van der Waals surface area contributed by atoms with E-state index in [0.29, 0.717) is 12.1 Å². The molecule has 0 spiro atoms. The minimum Gasteiger partial charge on any atom is -0.361 e. The molecule has 0 unspecified atom stereocenters. The molecule has 0 atom stereocenters. The summed E-state index contributed by atoms with van der Waals surface area (Å²) in [6.07, 6.45) is 3.91. The van der Waals surface area contributed by atoms with Crippen LogP contribution in [-0.4, -0.2) is 22.4 Å². The maximum absolute atomic E-state index is 12.5. The quantitative estimate of drug-likeness (QED) is 0.507. The first kappa shape index (κ1) is 17.8. The Hall–Kier alpha value is -3.60. The molecule has 2 N–H and O–H groups in total. The van der Waals surface area contributed by atoms with Gasteiger partial charge in [-0.1, -0.05) is 36.4 Å². The van der Waals surface area contributed by atoms with Crippen molar-refractivity contribution >= 4 is 34.0 Å². The minimum absolute atomic E-state index is 0.0605. The number of hydrogen-bond acceptors (Lipinski definition) is 3. The number of fused-ring (bicyclic) bond motifs is 1. The van der Waals surface area contributed by atoms with Crippen molar-refractivity contribution < 1.29 is 4.79 Å². The molecule has 0 aliphatic heterocycles. The van der Waals surface area contributed by atoms with E-state index in [0.717, 1.165) is 34.5 Å². The van der Waals surface area contributed by atoms with Crippen LogP contribution in [0.1, 0.15) is 12.5 Å². The predicted octanol–water partition coefficient (Wildman–Crippen LogP) is 4.90. The maximum atomic E-state index is 12.5. The summed E-state index contributed by atoms with van der Waals surface area (Å²) in [4.78, 5) is 22.3. The molecule has 5 heteroatoms. The maximum Gasteiger partial charge on any atom is 0.228 e. The number of aromatic amines is 1. The summed E-state index contributed by atoms with van der Waals surface area (Å²) in [6, 6.07) is 21.9. The van der Waals surface area contributed by atoms with Gasteiger partial charge in [-0.15, -0.1) is 0 Å². The molecule has 0 fully saturated rings. The summed E-state index contributed by atoms with van der Waals surface area (Å²) in [6.45, 7) is 2.90. The van der Waals surface area contributed by atoms with E-state index < -0.39 is 0 Å². The highest BCUT2D eigenvalue weighted by Crippen LogP contribution is 2.24. The molecule has 28 heavy (non-hydrogen) atoms. The zero-order valence-corrected chi connectivity index (χ0v) is 15.7. The van der Waals surface area contributed by atoms with Gasteiger partial charge >= 0.3 is 0 Å². The van der Waals surface area contributed by atoms with Crippen LogP contribution in [0.4, 0.5) is 17.2 Å². The standard InChI is InChI=1S/C23H22N4O/c1-2-27(19-8-4-3-5-9-19)22-13-12-18(16-25-22)26-23(28)14-17-15-24-21-11-7-6-10-20(17)21/h3-13,15-16,24H,2,14H2,1H3,(H,26,28). The second-order valence-corrected chi connectivity index (χ2v) is 6.57. The number of aromatic nitrogens is 2. The number of carbonyl (C=O) groups is 1. The Balaban J connectivity index is 1.44. The number of para-hydroxylation sites is 2. The fourth-order valence-electron chi connectivity index (χ4n) is 3.36. The third-order valence-electron chi connectivity index (χ3n) is 4.72. The topological polar surface area (TPSA) is 61.0 Å². The lowest BCUT2D eigenvalue weighted by Gasteiger charge is -2.22. The van der Waals surface area contributed by atoms with Gasteiger partial charge in [0, 0.05) is 29.3 Å². The number of carbonyl (C=O) groups excluding carboxylic acids is 1. The summed E-state index contributed by atoms with van der Waals surface area (Å²) < 4.78 is 0. The van der Waals surface area contributed by atoms with Crippen molar-refractivity contribution in [3.63, 3.8) is 0 Å². The average molecular weight is 370 g/mol. The number of anilines is 3. The lowest BCUT2D eigenvalue weighted by Crippen LogP contribution is -2.18. The molecule has 0 saturated heterocycles. The highest BCUT2D eigenvalue weighted by molar-refractivity contribution is 5.95. The molecule has 0 aliphatic carbocycles. The lowest BCUT2D eigenvalue weighted by molar-refractivity contribution is -0.115. The van der Waals surface area contributed by atoms with E-state index in [-0.39, 0.29) is 5.91 Å². The number of nitrogens with one attached hydrogen (secondary N) is 2. The molecule has 0 aliphatic rings. The van der Waals surface area contributed by atoms with Crippen LogP contribution in [0.2, 0.25) is 0 Å². The first-order valence-corrected chi connectivity index (χ1v) is 9.38. The molecular weight excluding hydrogens is 348 g/mol. The molecule has 2 aromatic carbocycles. The van der Waals surface area contributed by atoms with Crippen molar-refractivity contribution in [2.75, 3.05) is 16.8 Å². The van der Waals surface area contributed by atoms with Crippen molar-refractivity contribution in [2.45, 2.75) is 13.3 Å². The number of pyridine rings is 1. The highest BCUT2D eigenvalue weighted by Gasteiger charge is 2.11. The Labute approximate surface area is 164 Å². The van der Waals surface area contributed by atoms with Crippen LogP contribution in [0.25, 0.3) is 10.9 Å². The Morgan fingerprint density at radius 3 is 2.57 bits per heavy atom. The molecule has 2 heterocycles. The van der Waals surface area contributed by atoms with Gasteiger partial charge in [-0.25, -0.2) is 4.98 Å². The van der Waals surface area contributed by atoms with Crippen LogP contribution in [0.15, 0.2) is 79.1 Å². The van der Waals surface area contributed by atoms with E-state index in [4.69, 9.17) is 0 Å². The van der Waals surface area contributed by atoms with Crippen LogP contribution in [0, 0.1) is 0 Å². The van der Waals surface area contributed by atoms with Crippen molar-refractivity contribution in [1.29, 1.82) is 0 Å². The average Bonchev–Trinajstić information content (AvgIpc) is 3.13. The minimum atomic E-state index is -0.0605. The number of amides is 1. The molecule has 0 saturated carbocycles. The molecule has 4 rings (SSSR count). The number of rotatable bonds is 6. The van der Waals surface area contributed by atoms with Crippen LogP contribution < -0.4 is 10.2 Å². The first-order valence-electron chi connectivity index (χ1n) is 9.38. The third-order valence-corrected chi connectivity index (χ3v) is 4.72. The van der Waals surface area contributed by atoms with E-state index in [2.05, 4.69) is 39.2 Å². The van der Waals surface area contributed by atoms with Gasteiger partial charge in [0.2, 0.25) is 5.91 Å². The van der Waals surface area contributed by atoms with Crippen molar-refractivity contribution in [3.05, 3.63) is 84.7 Å². The lowest BCUT2D eigenvalue weighted by atomic mass is 10.1. The van der Waals surface area contributed by atoms with Gasteiger partial charge < -0.3 is 15.2 Å². The largest absolute Gasteiger partial charge is 0.361 e. The van der Waals surface area contributed by atoms with Crippen LogP contribution in [0.5, 0.6) is 0 Å². The van der Waals surface area contributed by atoms with Gasteiger partial charge in [-0.2, -0.15) is 0 Å². The number of H-pyrrole nitrogens is 1. The van der Waals surface area contributed by atoms with E-state index >= 15 is 0 Å². The molecule has 5 nitrogen and oxygen atoms in total. The summed E-state index contributed by atoms with van der Waals surface area (Å²) in [5.41, 5.74) is 3.81. The summed E-state index contributed by atoms with van der Waals surface area (Å²) >= 11 is 0. The Bertz CT molecular complexity index is 1070. The zero-order valence-electron chi connectivity index (χ0n) is 15.7. The number of nitrogens with zero attached hydrogens (tertiary/aromatic N) is 2. The van der Waals surface area contributed by atoms with E-state index in [9.17, 15) is 4.79 Å². The van der Waals surface area contributed by atoms with E-state index in [1.807, 2.05) is 60.8 Å². The number of benzene rings is 2. The van der Waals surface area contributed by atoms with Crippen LogP contribution in [0.3, 0.4) is 0 Å².